The zero-order chi connectivity index (χ0) is 21.1. The van der Waals surface area contributed by atoms with Gasteiger partial charge in [0, 0.05) is 33.3 Å². The summed E-state index contributed by atoms with van der Waals surface area (Å²) in [7, 11) is 0. The van der Waals surface area contributed by atoms with Crippen molar-refractivity contribution in [3.05, 3.63) is 97.2 Å². The van der Waals surface area contributed by atoms with Crippen LogP contribution in [0.3, 0.4) is 0 Å². The van der Waals surface area contributed by atoms with E-state index in [1.165, 1.54) is 0 Å². The van der Waals surface area contributed by atoms with Crippen LogP contribution in [-0.2, 0) is 0 Å². The Kier molecular flexibility index (Phi) is 3.52. The standard InChI is InChI=1S/C28H16N2O2/c1-2-10-25-18(6-1)20-15-28-21(16-27(20)31-25)19-14-17(11-12-26(19)32-28)22-8-5-9-24(30-22)23-7-3-4-13-29-23/h1-16H. The second-order valence-electron chi connectivity index (χ2n) is 7.88. The van der Waals surface area contributed by atoms with E-state index < -0.39 is 0 Å². The SMILES string of the molecule is c1ccc(-c2cccc(-c3ccc4oc5cc6c(cc5c4c3)oc3ccccc36)n2)nc1. The van der Waals surface area contributed by atoms with E-state index in [9.17, 15) is 0 Å². The van der Waals surface area contributed by atoms with Crippen LogP contribution in [0.2, 0.25) is 0 Å². The topological polar surface area (TPSA) is 52.1 Å². The van der Waals surface area contributed by atoms with Crippen LogP contribution >= 0.6 is 0 Å². The molecule has 3 aromatic carbocycles. The monoisotopic (exact) mass is 412 g/mol. The lowest BCUT2D eigenvalue weighted by Gasteiger charge is -2.04. The Morgan fingerprint density at radius 3 is 2.00 bits per heavy atom. The fourth-order valence-electron chi connectivity index (χ4n) is 4.41. The van der Waals surface area contributed by atoms with Gasteiger partial charge >= 0.3 is 0 Å². The molecule has 0 fully saturated rings. The number of benzene rings is 3. The third kappa shape index (κ3) is 2.56. The molecule has 0 bridgehead atoms. The van der Waals surface area contributed by atoms with E-state index in [0.29, 0.717) is 0 Å². The molecule has 0 aliphatic carbocycles. The van der Waals surface area contributed by atoms with Crippen molar-refractivity contribution >= 4 is 43.9 Å². The largest absolute Gasteiger partial charge is 0.456 e. The van der Waals surface area contributed by atoms with Crippen LogP contribution in [-0.4, -0.2) is 9.97 Å². The number of rotatable bonds is 2. The molecule has 0 saturated heterocycles. The summed E-state index contributed by atoms with van der Waals surface area (Å²) in [5.41, 5.74) is 7.09. The van der Waals surface area contributed by atoms with Crippen molar-refractivity contribution in [2.75, 3.05) is 0 Å². The van der Waals surface area contributed by atoms with Gasteiger partial charge in [0.1, 0.15) is 22.3 Å². The van der Waals surface area contributed by atoms with E-state index >= 15 is 0 Å². The minimum absolute atomic E-state index is 0.849. The highest BCUT2D eigenvalue weighted by Gasteiger charge is 2.14. The van der Waals surface area contributed by atoms with Crippen molar-refractivity contribution < 1.29 is 8.83 Å². The molecule has 0 N–H and O–H groups in total. The number of aromatic nitrogens is 2. The molecule has 4 heteroatoms. The highest BCUT2D eigenvalue weighted by Crippen LogP contribution is 2.37. The second kappa shape index (κ2) is 6.53. The average molecular weight is 412 g/mol. The van der Waals surface area contributed by atoms with E-state index in [-0.39, 0.29) is 0 Å². The van der Waals surface area contributed by atoms with Gasteiger partial charge < -0.3 is 8.83 Å². The Balaban J connectivity index is 1.42. The Bertz CT molecular complexity index is 1780. The molecule has 7 rings (SSSR count). The van der Waals surface area contributed by atoms with Crippen molar-refractivity contribution in [3.63, 3.8) is 0 Å². The predicted molar refractivity (Wildman–Crippen MR) is 127 cm³/mol. The highest BCUT2D eigenvalue weighted by molar-refractivity contribution is 6.15. The van der Waals surface area contributed by atoms with Gasteiger partial charge in [-0.25, -0.2) is 4.98 Å². The smallest absolute Gasteiger partial charge is 0.136 e. The van der Waals surface area contributed by atoms with E-state index in [1.54, 1.807) is 6.20 Å². The maximum atomic E-state index is 6.19. The van der Waals surface area contributed by atoms with Crippen LogP contribution < -0.4 is 0 Å². The highest BCUT2D eigenvalue weighted by atomic mass is 16.3. The van der Waals surface area contributed by atoms with Crippen LogP contribution in [0.5, 0.6) is 0 Å². The summed E-state index contributed by atoms with van der Waals surface area (Å²) in [6.07, 6.45) is 1.78. The first-order chi connectivity index (χ1) is 15.8. The van der Waals surface area contributed by atoms with Gasteiger partial charge in [-0.15, -0.1) is 0 Å². The Labute approximate surface area is 182 Å². The number of nitrogens with zero attached hydrogens (tertiary/aromatic N) is 2. The molecule has 32 heavy (non-hydrogen) atoms. The van der Waals surface area contributed by atoms with Crippen molar-refractivity contribution in [2.45, 2.75) is 0 Å². The minimum Gasteiger partial charge on any atom is -0.456 e. The van der Waals surface area contributed by atoms with Gasteiger partial charge in [-0.2, -0.15) is 0 Å². The average Bonchev–Trinajstić information content (AvgIpc) is 3.40. The third-order valence-electron chi connectivity index (χ3n) is 5.94. The van der Waals surface area contributed by atoms with Gasteiger partial charge in [0.15, 0.2) is 0 Å². The molecule has 150 valence electrons. The molecule has 0 amide bonds. The van der Waals surface area contributed by atoms with E-state index in [4.69, 9.17) is 13.8 Å². The lowest BCUT2D eigenvalue weighted by atomic mass is 10.0. The molecule has 0 saturated carbocycles. The van der Waals surface area contributed by atoms with Crippen LogP contribution in [0.4, 0.5) is 0 Å². The molecular formula is C28H16N2O2. The lowest BCUT2D eigenvalue weighted by Crippen LogP contribution is -1.89. The number of furan rings is 2. The predicted octanol–water partition coefficient (Wildman–Crippen LogP) is 7.61. The van der Waals surface area contributed by atoms with Crippen molar-refractivity contribution in [1.82, 2.24) is 9.97 Å². The number of para-hydroxylation sites is 1. The Morgan fingerprint density at radius 1 is 0.469 bits per heavy atom. The van der Waals surface area contributed by atoms with Gasteiger partial charge in [-0.05, 0) is 60.7 Å². The van der Waals surface area contributed by atoms with Gasteiger partial charge in [0.05, 0.1) is 17.1 Å². The molecule has 0 aliphatic rings. The number of fused-ring (bicyclic) bond motifs is 6. The molecule has 4 heterocycles. The van der Waals surface area contributed by atoms with Gasteiger partial charge in [0.25, 0.3) is 0 Å². The maximum Gasteiger partial charge on any atom is 0.136 e. The molecular weight excluding hydrogens is 396 g/mol. The number of pyridine rings is 2. The first-order valence-electron chi connectivity index (χ1n) is 10.5. The fourth-order valence-corrected chi connectivity index (χ4v) is 4.41. The summed E-state index contributed by atoms with van der Waals surface area (Å²) >= 11 is 0. The zero-order valence-electron chi connectivity index (χ0n) is 16.9. The van der Waals surface area contributed by atoms with Crippen molar-refractivity contribution in [3.8, 4) is 22.6 Å². The van der Waals surface area contributed by atoms with E-state index in [2.05, 4.69) is 35.3 Å². The maximum absolute atomic E-state index is 6.19. The van der Waals surface area contributed by atoms with E-state index in [0.717, 1.165) is 66.5 Å². The quantitative estimate of drug-likeness (QED) is 0.293. The molecule has 4 nitrogen and oxygen atoms in total. The molecule has 7 aromatic rings. The van der Waals surface area contributed by atoms with Crippen molar-refractivity contribution in [2.24, 2.45) is 0 Å². The van der Waals surface area contributed by atoms with Crippen LogP contribution in [0.15, 0.2) is 106 Å². The summed E-state index contributed by atoms with van der Waals surface area (Å²) in [5.74, 6) is 0. The van der Waals surface area contributed by atoms with Gasteiger partial charge in [0.2, 0.25) is 0 Å². The van der Waals surface area contributed by atoms with Crippen LogP contribution in [0.1, 0.15) is 0 Å². The van der Waals surface area contributed by atoms with Crippen LogP contribution in [0.25, 0.3) is 66.5 Å². The number of hydrogen-bond acceptors (Lipinski definition) is 4. The van der Waals surface area contributed by atoms with Crippen molar-refractivity contribution in [1.29, 1.82) is 0 Å². The van der Waals surface area contributed by atoms with Crippen LogP contribution in [0, 0.1) is 0 Å². The van der Waals surface area contributed by atoms with Gasteiger partial charge in [-0.1, -0.05) is 30.3 Å². The Hall–Kier alpha value is -4.44. The molecule has 0 spiro atoms. The summed E-state index contributed by atoms with van der Waals surface area (Å²) in [6.45, 7) is 0. The zero-order valence-corrected chi connectivity index (χ0v) is 16.9. The number of hydrogen-bond donors (Lipinski definition) is 0. The lowest BCUT2D eigenvalue weighted by molar-refractivity contribution is 0.664. The third-order valence-corrected chi connectivity index (χ3v) is 5.94. The minimum atomic E-state index is 0.849. The molecule has 4 aromatic heterocycles. The molecule has 0 unspecified atom stereocenters. The van der Waals surface area contributed by atoms with E-state index in [1.807, 2.05) is 60.7 Å². The molecule has 0 radical (unpaired) electrons. The van der Waals surface area contributed by atoms with Gasteiger partial charge in [-0.3, -0.25) is 4.98 Å². The second-order valence-corrected chi connectivity index (χ2v) is 7.88. The first kappa shape index (κ1) is 17.3. The first-order valence-corrected chi connectivity index (χ1v) is 10.5. The fraction of sp³-hybridized carbons (Fsp3) is 0. The summed E-state index contributed by atoms with van der Waals surface area (Å²) in [4.78, 5) is 9.28. The summed E-state index contributed by atoms with van der Waals surface area (Å²) in [6, 6.07) is 30.3. The normalized spacial score (nSPS) is 11.8. The molecule has 0 aliphatic heterocycles. The molecule has 0 atom stereocenters. The summed E-state index contributed by atoms with van der Waals surface area (Å²) in [5, 5.41) is 4.25. The Morgan fingerprint density at radius 2 is 1.16 bits per heavy atom. The summed E-state index contributed by atoms with van der Waals surface area (Å²) < 4.78 is 12.3.